The van der Waals surface area contributed by atoms with Crippen molar-refractivity contribution < 1.29 is 0 Å². The van der Waals surface area contributed by atoms with Gasteiger partial charge in [-0.25, -0.2) is 0 Å². The van der Waals surface area contributed by atoms with Crippen molar-refractivity contribution in [1.29, 1.82) is 0 Å². The number of hydrogen-bond acceptors (Lipinski definition) is 3. The van der Waals surface area contributed by atoms with E-state index in [4.69, 9.17) is 11.6 Å². The van der Waals surface area contributed by atoms with E-state index in [9.17, 15) is 0 Å². The zero-order valence-corrected chi connectivity index (χ0v) is 6.19. The molecule has 0 aliphatic rings. The van der Waals surface area contributed by atoms with Crippen LogP contribution in [0, 0.1) is 0 Å². The van der Waals surface area contributed by atoms with Crippen LogP contribution in [0.5, 0.6) is 0 Å². The Hall–Kier alpha value is 0.01000. The zero-order chi connectivity index (χ0) is 5.98. The zero-order valence-electron chi connectivity index (χ0n) is 3.80. The molecule has 0 radical (unpaired) electrons. The molecule has 0 N–H and O–H groups in total. The van der Waals surface area contributed by atoms with Crippen molar-refractivity contribution in [2.24, 2.45) is 4.36 Å². The fourth-order valence-corrected chi connectivity index (χ4v) is 1.34. The third-order valence-electron chi connectivity index (χ3n) is 0.649. The molecule has 0 bridgehead atoms. The van der Waals surface area contributed by atoms with E-state index in [-0.39, 0.29) is 0 Å². The van der Waals surface area contributed by atoms with Gasteiger partial charge in [0.15, 0.2) is 0 Å². The Morgan fingerprint density at radius 2 is 2.38 bits per heavy atom. The average molecular weight is 164 g/mol. The van der Waals surface area contributed by atoms with Gasteiger partial charge in [0, 0.05) is 12.4 Å². The molecule has 1 aromatic rings. The molecule has 0 unspecified atom stereocenters. The standard InChI is InChI=1S/C4H2ClNS2/c5-3-1-2-4(6-7)8-3/h1-2H. The molecular formula is C4H2ClNS2. The van der Waals surface area contributed by atoms with E-state index in [0.29, 0.717) is 0 Å². The summed E-state index contributed by atoms with van der Waals surface area (Å²) >= 11 is 11.3. The third kappa shape index (κ3) is 1.24. The molecule has 8 heavy (non-hydrogen) atoms. The number of nitrogens with zero attached hydrogens (tertiary/aromatic N) is 1. The van der Waals surface area contributed by atoms with E-state index in [1.54, 1.807) is 12.1 Å². The van der Waals surface area contributed by atoms with Gasteiger partial charge in [0.2, 0.25) is 0 Å². The van der Waals surface area contributed by atoms with Crippen molar-refractivity contribution in [2.45, 2.75) is 0 Å². The Morgan fingerprint density at radius 3 is 2.62 bits per heavy atom. The van der Waals surface area contributed by atoms with Crippen LogP contribution in [0.25, 0.3) is 0 Å². The van der Waals surface area contributed by atoms with Crippen molar-refractivity contribution in [3.05, 3.63) is 16.5 Å². The number of halogens is 1. The topological polar surface area (TPSA) is 12.4 Å². The highest BCUT2D eigenvalue weighted by Crippen LogP contribution is 2.27. The average Bonchev–Trinajstić information content (AvgIpc) is 2.14. The fraction of sp³-hybridized carbons (Fsp3) is 0. The smallest absolute Gasteiger partial charge is 0.131 e. The van der Waals surface area contributed by atoms with Crippen LogP contribution in [-0.2, 0) is 12.4 Å². The summed E-state index contributed by atoms with van der Waals surface area (Å²) in [6.45, 7) is 0. The maximum Gasteiger partial charge on any atom is 0.131 e. The summed E-state index contributed by atoms with van der Waals surface area (Å²) in [5, 5.41) is 0.796. The van der Waals surface area contributed by atoms with E-state index in [0.717, 1.165) is 9.34 Å². The molecule has 1 heterocycles. The maximum atomic E-state index is 5.55. The lowest BCUT2D eigenvalue weighted by molar-refractivity contribution is 1.73. The SMILES string of the molecule is S=Nc1ccc(Cl)s1. The Balaban J connectivity index is 3.00. The van der Waals surface area contributed by atoms with Crippen LogP contribution >= 0.6 is 22.9 Å². The van der Waals surface area contributed by atoms with Crippen molar-refractivity contribution in [2.75, 3.05) is 0 Å². The van der Waals surface area contributed by atoms with Gasteiger partial charge in [0.25, 0.3) is 0 Å². The second kappa shape index (κ2) is 2.53. The van der Waals surface area contributed by atoms with E-state index >= 15 is 0 Å². The third-order valence-corrected chi connectivity index (χ3v) is 2.09. The van der Waals surface area contributed by atoms with E-state index in [1.807, 2.05) is 0 Å². The Labute approximate surface area is 61.5 Å². The molecule has 42 valence electrons. The molecule has 0 saturated carbocycles. The van der Waals surface area contributed by atoms with Gasteiger partial charge in [-0.1, -0.05) is 11.6 Å². The van der Waals surface area contributed by atoms with Gasteiger partial charge in [0.05, 0.1) is 4.34 Å². The van der Waals surface area contributed by atoms with E-state index in [2.05, 4.69) is 16.8 Å². The Bertz CT molecular complexity index is 196. The second-order valence-electron chi connectivity index (χ2n) is 1.17. The van der Waals surface area contributed by atoms with Crippen LogP contribution in [0.15, 0.2) is 16.5 Å². The first-order chi connectivity index (χ1) is 3.83. The molecule has 0 fully saturated rings. The van der Waals surface area contributed by atoms with Crippen molar-refractivity contribution >= 4 is 40.4 Å². The molecule has 0 aliphatic heterocycles. The molecule has 1 aromatic heterocycles. The molecule has 4 heteroatoms. The highest BCUT2D eigenvalue weighted by molar-refractivity contribution is 7.48. The van der Waals surface area contributed by atoms with Crippen LogP contribution in [0.2, 0.25) is 4.34 Å². The first kappa shape index (κ1) is 6.13. The van der Waals surface area contributed by atoms with Crippen LogP contribution in [0.3, 0.4) is 0 Å². The van der Waals surface area contributed by atoms with Gasteiger partial charge in [-0.05, 0) is 12.1 Å². The van der Waals surface area contributed by atoms with Crippen LogP contribution < -0.4 is 0 Å². The highest BCUT2D eigenvalue weighted by atomic mass is 35.5. The molecule has 0 aromatic carbocycles. The van der Waals surface area contributed by atoms with Crippen molar-refractivity contribution in [1.82, 2.24) is 0 Å². The molecule has 0 aliphatic carbocycles. The lowest BCUT2D eigenvalue weighted by Gasteiger charge is -1.71. The maximum absolute atomic E-state index is 5.55. The molecular weight excluding hydrogens is 162 g/mol. The second-order valence-corrected chi connectivity index (χ2v) is 3.05. The lowest BCUT2D eigenvalue weighted by Crippen LogP contribution is -1.35. The monoisotopic (exact) mass is 163 g/mol. The van der Waals surface area contributed by atoms with Crippen LogP contribution in [0.4, 0.5) is 5.00 Å². The van der Waals surface area contributed by atoms with Crippen molar-refractivity contribution in [3.8, 4) is 0 Å². The van der Waals surface area contributed by atoms with Gasteiger partial charge >= 0.3 is 0 Å². The predicted octanol–water partition coefficient (Wildman–Crippen LogP) is 2.76. The number of rotatable bonds is 1. The Kier molecular flexibility index (Phi) is 1.94. The minimum atomic E-state index is 0.730. The summed E-state index contributed by atoms with van der Waals surface area (Å²) in [7, 11) is 0. The van der Waals surface area contributed by atoms with Gasteiger partial charge in [-0.3, -0.25) is 0 Å². The number of thiophene rings is 1. The summed E-state index contributed by atoms with van der Waals surface area (Å²) in [6.07, 6.45) is 0. The summed E-state index contributed by atoms with van der Waals surface area (Å²) in [5.41, 5.74) is 0. The van der Waals surface area contributed by atoms with Gasteiger partial charge in [-0.15, -0.1) is 11.3 Å². The summed E-state index contributed by atoms with van der Waals surface area (Å²) < 4.78 is 4.24. The molecule has 1 nitrogen and oxygen atoms in total. The minimum Gasteiger partial charge on any atom is -0.171 e. The van der Waals surface area contributed by atoms with E-state index in [1.165, 1.54) is 11.3 Å². The lowest BCUT2D eigenvalue weighted by atomic mass is 10.6. The van der Waals surface area contributed by atoms with Crippen LogP contribution in [-0.4, -0.2) is 0 Å². The Morgan fingerprint density at radius 1 is 1.62 bits per heavy atom. The summed E-state index contributed by atoms with van der Waals surface area (Å²) in [6, 6.07) is 3.57. The highest BCUT2D eigenvalue weighted by Gasteiger charge is 1.91. The normalized spacial score (nSPS) is 9.12. The molecule has 0 saturated heterocycles. The fourth-order valence-electron chi connectivity index (χ4n) is 0.354. The quantitative estimate of drug-likeness (QED) is 0.620. The minimum absolute atomic E-state index is 0.730. The first-order valence-corrected chi connectivity index (χ1v) is 3.47. The predicted molar refractivity (Wildman–Crippen MR) is 38.8 cm³/mol. The first-order valence-electron chi connectivity index (χ1n) is 1.91. The van der Waals surface area contributed by atoms with Gasteiger partial charge < -0.3 is 0 Å². The molecule has 0 spiro atoms. The van der Waals surface area contributed by atoms with Gasteiger partial charge in [0.1, 0.15) is 5.00 Å². The van der Waals surface area contributed by atoms with Crippen LogP contribution in [0.1, 0.15) is 0 Å². The summed E-state index contributed by atoms with van der Waals surface area (Å²) in [5.74, 6) is 0. The van der Waals surface area contributed by atoms with Gasteiger partial charge in [-0.2, -0.15) is 4.36 Å². The summed E-state index contributed by atoms with van der Waals surface area (Å²) in [4.78, 5) is 0. The largest absolute Gasteiger partial charge is 0.171 e. The number of hydrogen-bond donors (Lipinski definition) is 0. The van der Waals surface area contributed by atoms with Crippen molar-refractivity contribution in [3.63, 3.8) is 0 Å². The molecule has 1 rings (SSSR count). The molecule has 0 amide bonds. The van der Waals surface area contributed by atoms with E-state index < -0.39 is 0 Å². The molecule has 0 atom stereocenters.